The molecule has 0 aliphatic heterocycles. The molecule has 0 aromatic heterocycles. The molecule has 2 amide bonds. The van der Waals surface area contributed by atoms with Gasteiger partial charge in [0.15, 0.2) is 0 Å². The average molecular weight is 356 g/mol. The van der Waals surface area contributed by atoms with Gasteiger partial charge in [-0.3, -0.25) is 9.59 Å². The minimum absolute atomic E-state index is 0.137. The quantitative estimate of drug-likeness (QED) is 0.828. The van der Waals surface area contributed by atoms with Crippen molar-refractivity contribution in [3.05, 3.63) is 71.0 Å². The Bertz CT molecular complexity index is 759. The van der Waals surface area contributed by atoms with Gasteiger partial charge in [-0.05, 0) is 49.6 Å². The van der Waals surface area contributed by atoms with Gasteiger partial charge in [-0.2, -0.15) is 0 Å². The summed E-state index contributed by atoms with van der Waals surface area (Å²) >= 11 is 0. The summed E-state index contributed by atoms with van der Waals surface area (Å²) in [6.07, 6.45) is 0.220. The summed E-state index contributed by atoms with van der Waals surface area (Å²) in [5.74, 6) is -0.668. The summed E-state index contributed by atoms with van der Waals surface area (Å²) < 4.78 is 13.2. The topological polar surface area (TPSA) is 49.4 Å². The molecule has 0 aliphatic carbocycles. The number of amides is 2. The van der Waals surface area contributed by atoms with Crippen LogP contribution in [0.3, 0.4) is 0 Å². The van der Waals surface area contributed by atoms with Crippen molar-refractivity contribution in [2.45, 2.75) is 39.8 Å². The Labute approximate surface area is 154 Å². The lowest BCUT2D eigenvalue weighted by molar-refractivity contribution is -0.140. The third-order valence-corrected chi connectivity index (χ3v) is 4.39. The molecule has 2 rings (SSSR count). The van der Waals surface area contributed by atoms with Crippen LogP contribution in [0.2, 0.25) is 0 Å². The van der Waals surface area contributed by atoms with Gasteiger partial charge in [0.05, 0.1) is 6.42 Å². The fourth-order valence-corrected chi connectivity index (χ4v) is 2.76. The maximum Gasteiger partial charge on any atom is 0.242 e. The van der Waals surface area contributed by atoms with E-state index in [1.807, 2.05) is 38.1 Å². The molecule has 0 spiro atoms. The zero-order chi connectivity index (χ0) is 19.1. The van der Waals surface area contributed by atoms with Gasteiger partial charge in [0.1, 0.15) is 11.9 Å². The van der Waals surface area contributed by atoms with Gasteiger partial charge in [0, 0.05) is 13.1 Å². The number of halogens is 1. The third-order valence-electron chi connectivity index (χ3n) is 4.39. The summed E-state index contributed by atoms with van der Waals surface area (Å²) in [7, 11) is 0. The summed E-state index contributed by atoms with van der Waals surface area (Å²) in [6, 6.07) is 13.1. The molecule has 1 atom stereocenters. The fraction of sp³-hybridized carbons (Fsp3) is 0.333. The van der Waals surface area contributed by atoms with Crippen LogP contribution in [0.1, 0.15) is 30.5 Å². The highest BCUT2D eigenvalue weighted by atomic mass is 19.1. The van der Waals surface area contributed by atoms with Gasteiger partial charge < -0.3 is 10.2 Å². The Morgan fingerprint density at radius 2 is 1.77 bits per heavy atom. The smallest absolute Gasteiger partial charge is 0.242 e. The zero-order valence-corrected chi connectivity index (χ0v) is 15.5. The lowest BCUT2D eigenvalue weighted by Gasteiger charge is -2.29. The van der Waals surface area contributed by atoms with Gasteiger partial charge in [0.2, 0.25) is 11.8 Å². The molecule has 0 saturated carbocycles. The van der Waals surface area contributed by atoms with E-state index in [4.69, 9.17) is 0 Å². The molecule has 0 radical (unpaired) electrons. The number of likely N-dealkylation sites (N-methyl/N-ethyl adjacent to an activating group) is 1. The number of nitrogens with one attached hydrogen (secondary N) is 1. The minimum Gasteiger partial charge on any atom is -0.355 e. The highest BCUT2D eigenvalue weighted by Crippen LogP contribution is 2.15. The molecule has 0 fully saturated rings. The van der Waals surface area contributed by atoms with E-state index in [1.165, 1.54) is 12.1 Å². The maximum absolute atomic E-state index is 13.2. The first-order valence-electron chi connectivity index (χ1n) is 8.78. The number of hydrogen-bond donors (Lipinski definition) is 1. The number of hydrogen-bond acceptors (Lipinski definition) is 2. The normalized spacial score (nSPS) is 11.7. The summed E-state index contributed by atoms with van der Waals surface area (Å²) in [5.41, 5.74) is 2.75. The molecule has 4 nitrogen and oxygen atoms in total. The van der Waals surface area contributed by atoms with E-state index < -0.39 is 6.04 Å². The first-order chi connectivity index (χ1) is 12.4. The first kappa shape index (κ1) is 19.6. The molecule has 26 heavy (non-hydrogen) atoms. The van der Waals surface area contributed by atoms with Crippen LogP contribution < -0.4 is 5.32 Å². The van der Waals surface area contributed by atoms with Crippen molar-refractivity contribution in [2.75, 3.05) is 6.54 Å². The number of carbonyl (C=O) groups excluding carboxylic acids is 2. The van der Waals surface area contributed by atoms with E-state index in [1.54, 1.807) is 24.0 Å². The number of aryl methyl sites for hydroxylation is 1. The highest BCUT2D eigenvalue weighted by molar-refractivity contribution is 5.88. The highest BCUT2D eigenvalue weighted by Gasteiger charge is 2.26. The number of nitrogens with zero attached hydrogens (tertiary/aromatic N) is 1. The van der Waals surface area contributed by atoms with Crippen molar-refractivity contribution < 1.29 is 14.0 Å². The second-order valence-corrected chi connectivity index (χ2v) is 6.32. The molecular weight excluding hydrogens is 331 g/mol. The summed E-state index contributed by atoms with van der Waals surface area (Å²) in [6.45, 7) is 6.26. The fourth-order valence-electron chi connectivity index (χ4n) is 2.76. The summed E-state index contributed by atoms with van der Waals surface area (Å²) in [5, 5.41) is 2.76. The summed E-state index contributed by atoms with van der Waals surface area (Å²) in [4.78, 5) is 26.8. The number of carbonyl (C=O) groups is 2. The average Bonchev–Trinajstić information content (AvgIpc) is 2.62. The molecular formula is C21H25FN2O2. The van der Waals surface area contributed by atoms with Crippen LogP contribution in [-0.4, -0.2) is 29.3 Å². The van der Waals surface area contributed by atoms with E-state index in [9.17, 15) is 14.0 Å². The minimum atomic E-state index is -0.614. The van der Waals surface area contributed by atoms with Crippen LogP contribution in [0.15, 0.2) is 48.5 Å². The van der Waals surface area contributed by atoms with Crippen LogP contribution in [0.4, 0.5) is 4.39 Å². The standard InChI is InChI=1S/C21H25FN2O2/c1-4-23-21(26)16(3)24(14-17-9-11-19(22)12-10-17)20(25)13-18-8-6-5-7-15(18)2/h5-12,16H,4,13-14H2,1-3H3,(H,23,26)/t16-/m1/s1. The predicted molar refractivity (Wildman–Crippen MR) is 100.0 cm³/mol. The van der Waals surface area contributed by atoms with Gasteiger partial charge in [0.25, 0.3) is 0 Å². The predicted octanol–water partition coefficient (Wildman–Crippen LogP) is 3.23. The van der Waals surface area contributed by atoms with Crippen molar-refractivity contribution in [3.8, 4) is 0 Å². The SMILES string of the molecule is CCNC(=O)[C@@H](C)N(Cc1ccc(F)cc1)C(=O)Cc1ccccc1C. The lowest BCUT2D eigenvalue weighted by atomic mass is 10.0. The van der Waals surface area contributed by atoms with Crippen LogP contribution in [0, 0.1) is 12.7 Å². The van der Waals surface area contributed by atoms with Crippen LogP contribution in [-0.2, 0) is 22.6 Å². The van der Waals surface area contributed by atoms with E-state index in [0.29, 0.717) is 6.54 Å². The molecule has 0 saturated heterocycles. The Balaban J connectivity index is 2.23. The zero-order valence-electron chi connectivity index (χ0n) is 15.5. The van der Waals surface area contributed by atoms with E-state index in [-0.39, 0.29) is 30.6 Å². The van der Waals surface area contributed by atoms with Crippen molar-refractivity contribution in [3.63, 3.8) is 0 Å². The number of benzene rings is 2. The van der Waals surface area contributed by atoms with E-state index in [2.05, 4.69) is 5.32 Å². The Kier molecular flexibility index (Phi) is 6.89. The van der Waals surface area contributed by atoms with Gasteiger partial charge in [-0.25, -0.2) is 4.39 Å². The maximum atomic E-state index is 13.2. The molecule has 2 aromatic carbocycles. The Morgan fingerprint density at radius 1 is 1.12 bits per heavy atom. The largest absolute Gasteiger partial charge is 0.355 e. The van der Waals surface area contributed by atoms with Crippen molar-refractivity contribution in [2.24, 2.45) is 0 Å². The Hall–Kier alpha value is -2.69. The molecule has 138 valence electrons. The molecule has 1 N–H and O–H groups in total. The van der Waals surface area contributed by atoms with Crippen LogP contribution in [0.5, 0.6) is 0 Å². The third kappa shape index (κ3) is 5.15. The molecule has 2 aromatic rings. The van der Waals surface area contributed by atoms with E-state index >= 15 is 0 Å². The van der Waals surface area contributed by atoms with Gasteiger partial charge >= 0.3 is 0 Å². The lowest BCUT2D eigenvalue weighted by Crippen LogP contribution is -2.48. The second-order valence-electron chi connectivity index (χ2n) is 6.32. The van der Waals surface area contributed by atoms with Gasteiger partial charge in [-0.1, -0.05) is 36.4 Å². The van der Waals surface area contributed by atoms with Crippen molar-refractivity contribution in [1.82, 2.24) is 10.2 Å². The monoisotopic (exact) mass is 356 g/mol. The Morgan fingerprint density at radius 3 is 2.38 bits per heavy atom. The molecule has 0 heterocycles. The molecule has 5 heteroatoms. The van der Waals surface area contributed by atoms with Crippen molar-refractivity contribution in [1.29, 1.82) is 0 Å². The van der Waals surface area contributed by atoms with E-state index in [0.717, 1.165) is 16.7 Å². The molecule has 0 bridgehead atoms. The first-order valence-corrected chi connectivity index (χ1v) is 8.78. The van der Waals surface area contributed by atoms with Crippen LogP contribution >= 0.6 is 0 Å². The second kappa shape index (κ2) is 9.13. The molecule has 0 aliphatic rings. The van der Waals surface area contributed by atoms with Crippen LogP contribution in [0.25, 0.3) is 0 Å². The van der Waals surface area contributed by atoms with Crippen molar-refractivity contribution >= 4 is 11.8 Å². The number of rotatable bonds is 7. The molecule has 0 unspecified atom stereocenters. The van der Waals surface area contributed by atoms with Gasteiger partial charge in [-0.15, -0.1) is 0 Å².